The predicted octanol–water partition coefficient (Wildman–Crippen LogP) is 2.75. The van der Waals surface area contributed by atoms with E-state index in [0.717, 1.165) is 19.2 Å². The van der Waals surface area contributed by atoms with E-state index in [1.54, 1.807) is 6.92 Å². The van der Waals surface area contributed by atoms with E-state index >= 15 is 0 Å². The molecule has 22 heavy (non-hydrogen) atoms. The van der Waals surface area contributed by atoms with Crippen molar-refractivity contribution in [3.63, 3.8) is 0 Å². The molecule has 0 aliphatic carbocycles. The Morgan fingerprint density at radius 3 is 2.45 bits per heavy atom. The number of ketones is 1. The van der Waals surface area contributed by atoms with Gasteiger partial charge in [0.25, 0.3) is 5.78 Å². The topological polar surface area (TPSA) is 72.8 Å². The van der Waals surface area contributed by atoms with Crippen molar-refractivity contribution in [2.45, 2.75) is 13.1 Å². The Labute approximate surface area is 124 Å². The van der Waals surface area contributed by atoms with Crippen LogP contribution in [0.1, 0.15) is 18.1 Å². The SMILES string of the molecule is CCOc1ccc(C(F)(F)F)cc1/C(O)=C/C(=O)C(=O)OC. The first-order chi connectivity index (χ1) is 10.2. The summed E-state index contributed by atoms with van der Waals surface area (Å²) in [4.78, 5) is 22.3. The average molecular weight is 318 g/mol. The Morgan fingerprint density at radius 1 is 1.32 bits per heavy atom. The number of aliphatic hydroxyl groups is 1. The van der Waals surface area contributed by atoms with Crippen molar-refractivity contribution in [3.05, 3.63) is 35.4 Å². The molecular formula is C14H13F3O5. The van der Waals surface area contributed by atoms with E-state index in [1.807, 2.05) is 0 Å². The molecule has 0 aliphatic heterocycles. The molecule has 0 spiro atoms. The van der Waals surface area contributed by atoms with Crippen molar-refractivity contribution in [2.75, 3.05) is 13.7 Å². The van der Waals surface area contributed by atoms with Crippen LogP contribution >= 0.6 is 0 Å². The minimum Gasteiger partial charge on any atom is -0.507 e. The highest BCUT2D eigenvalue weighted by molar-refractivity contribution is 6.39. The second-order valence-electron chi connectivity index (χ2n) is 4.03. The fraction of sp³-hybridized carbons (Fsp3) is 0.286. The molecule has 0 bridgehead atoms. The Hall–Kier alpha value is -2.51. The molecule has 0 aliphatic rings. The maximum atomic E-state index is 12.7. The van der Waals surface area contributed by atoms with Crippen LogP contribution in [0.4, 0.5) is 13.2 Å². The predicted molar refractivity (Wildman–Crippen MR) is 70.2 cm³/mol. The molecule has 0 fully saturated rings. The van der Waals surface area contributed by atoms with Crippen molar-refractivity contribution in [3.8, 4) is 5.75 Å². The van der Waals surface area contributed by atoms with Gasteiger partial charge < -0.3 is 14.6 Å². The number of halogens is 3. The Morgan fingerprint density at radius 2 is 1.95 bits per heavy atom. The molecule has 0 unspecified atom stereocenters. The number of carbonyl (C=O) groups excluding carboxylic acids is 2. The van der Waals surface area contributed by atoms with Crippen molar-refractivity contribution in [1.82, 2.24) is 0 Å². The van der Waals surface area contributed by atoms with Gasteiger partial charge in [-0.05, 0) is 25.1 Å². The van der Waals surface area contributed by atoms with Gasteiger partial charge in [-0.1, -0.05) is 0 Å². The summed E-state index contributed by atoms with van der Waals surface area (Å²) in [6, 6.07) is 2.43. The van der Waals surface area contributed by atoms with Crippen molar-refractivity contribution in [2.24, 2.45) is 0 Å². The lowest BCUT2D eigenvalue weighted by Crippen LogP contribution is -2.13. The zero-order valence-electron chi connectivity index (χ0n) is 11.7. The summed E-state index contributed by atoms with van der Waals surface area (Å²) in [5.74, 6) is -3.34. The van der Waals surface area contributed by atoms with Crippen molar-refractivity contribution in [1.29, 1.82) is 0 Å². The zero-order chi connectivity index (χ0) is 16.9. The standard InChI is InChI=1S/C14H13F3O5/c1-3-22-12-5-4-8(14(15,16)17)6-9(12)10(18)7-11(19)13(20)21-2/h4-7,18H,3H2,1-2H3/b10-7-. The van der Waals surface area contributed by atoms with Gasteiger partial charge in [0.05, 0.1) is 24.8 Å². The van der Waals surface area contributed by atoms with Gasteiger partial charge in [0.1, 0.15) is 11.5 Å². The fourth-order valence-corrected chi connectivity index (χ4v) is 1.55. The molecule has 5 nitrogen and oxygen atoms in total. The molecule has 1 aromatic carbocycles. The normalized spacial score (nSPS) is 12.0. The minimum atomic E-state index is -4.63. The van der Waals surface area contributed by atoms with Gasteiger partial charge in [-0.3, -0.25) is 4.79 Å². The Balaban J connectivity index is 3.32. The molecule has 120 valence electrons. The van der Waals surface area contributed by atoms with E-state index in [4.69, 9.17) is 4.74 Å². The third-order valence-electron chi connectivity index (χ3n) is 2.54. The number of ether oxygens (including phenoxy) is 2. The van der Waals surface area contributed by atoms with Crippen molar-refractivity contribution >= 4 is 17.5 Å². The van der Waals surface area contributed by atoms with Gasteiger partial charge in [-0.2, -0.15) is 13.2 Å². The summed E-state index contributed by atoms with van der Waals surface area (Å²) < 4.78 is 47.4. The van der Waals surface area contributed by atoms with Crippen molar-refractivity contribution < 1.29 is 37.3 Å². The molecule has 0 atom stereocenters. The molecule has 0 heterocycles. The van der Waals surface area contributed by atoms with Gasteiger partial charge in [0.15, 0.2) is 0 Å². The van der Waals surface area contributed by atoms with Crippen LogP contribution in [0.25, 0.3) is 5.76 Å². The number of esters is 1. The smallest absolute Gasteiger partial charge is 0.416 e. The number of hydrogen-bond acceptors (Lipinski definition) is 5. The first-order valence-corrected chi connectivity index (χ1v) is 6.08. The molecule has 0 aromatic heterocycles. The molecule has 1 rings (SSSR count). The number of rotatable bonds is 5. The van der Waals surface area contributed by atoms with E-state index in [0.29, 0.717) is 12.1 Å². The number of benzene rings is 1. The van der Waals surface area contributed by atoms with Crippen LogP contribution in [0, 0.1) is 0 Å². The summed E-state index contributed by atoms with van der Waals surface area (Å²) in [6.45, 7) is 1.73. The van der Waals surface area contributed by atoms with Gasteiger partial charge in [0, 0.05) is 6.08 Å². The molecule has 8 heteroatoms. The number of aliphatic hydroxyl groups excluding tert-OH is 1. The molecule has 0 radical (unpaired) electrons. The average Bonchev–Trinajstić information content (AvgIpc) is 2.45. The second kappa shape index (κ2) is 6.97. The lowest BCUT2D eigenvalue weighted by atomic mass is 10.1. The Kier molecular flexibility index (Phi) is 5.56. The summed E-state index contributed by atoms with van der Waals surface area (Å²) in [6.07, 6.45) is -4.16. The van der Waals surface area contributed by atoms with Gasteiger partial charge in [-0.25, -0.2) is 4.79 Å². The van der Waals surface area contributed by atoms with Crippen LogP contribution in [-0.2, 0) is 20.5 Å². The van der Waals surface area contributed by atoms with E-state index < -0.39 is 29.3 Å². The highest BCUT2D eigenvalue weighted by Gasteiger charge is 2.31. The summed E-state index contributed by atoms with van der Waals surface area (Å²) in [5, 5.41) is 9.82. The maximum absolute atomic E-state index is 12.7. The van der Waals surface area contributed by atoms with Crippen LogP contribution in [-0.4, -0.2) is 30.6 Å². The summed E-state index contributed by atoms with van der Waals surface area (Å²) in [5.41, 5.74) is -1.38. The number of hydrogen-bond donors (Lipinski definition) is 1. The third-order valence-corrected chi connectivity index (χ3v) is 2.54. The molecular weight excluding hydrogens is 305 g/mol. The van der Waals surface area contributed by atoms with E-state index in [1.165, 1.54) is 0 Å². The monoisotopic (exact) mass is 318 g/mol. The largest absolute Gasteiger partial charge is 0.507 e. The van der Waals surface area contributed by atoms with E-state index in [9.17, 15) is 27.9 Å². The fourth-order valence-electron chi connectivity index (χ4n) is 1.55. The highest BCUT2D eigenvalue weighted by Crippen LogP contribution is 2.34. The molecule has 0 saturated carbocycles. The lowest BCUT2D eigenvalue weighted by molar-refractivity contribution is -0.149. The molecule has 0 saturated heterocycles. The van der Waals surface area contributed by atoms with Crippen LogP contribution in [0.5, 0.6) is 5.75 Å². The van der Waals surface area contributed by atoms with Crippen LogP contribution < -0.4 is 4.74 Å². The highest BCUT2D eigenvalue weighted by atomic mass is 19.4. The second-order valence-corrected chi connectivity index (χ2v) is 4.03. The first kappa shape index (κ1) is 17.5. The number of alkyl halides is 3. The number of methoxy groups -OCH3 is 1. The molecule has 1 N–H and O–H groups in total. The van der Waals surface area contributed by atoms with E-state index in [-0.39, 0.29) is 17.9 Å². The number of carbonyl (C=O) groups is 2. The van der Waals surface area contributed by atoms with Gasteiger partial charge >= 0.3 is 12.1 Å². The Bertz CT molecular complexity index is 605. The maximum Gasteiger partial charge on any atom is 0.416 e. The summed E-state index contributed by atoms with van der Waals surface area (Å²) in [7, 11) is 0.959. The van der Waals surface area contributed by atoms with Crippen LogP contribution in [0.15, 0.2) is 24.3 Å². The molecule has 0 amide bonds. The quantitative estimate of drug-likeness (QED) is 0.391. The van der Waals surface area contributed by atoms with Crippen LogP contribution in [0.2, 0.25) is 0 Å². The summed E-state index contributed by atoms with van der Waals surface area (Å²) >= 11 is 0. The van der Waals surface area contributed by atoms with Gasteiger partial charge in [-0.15, -0.1) is 0 Å². The first-order valence-electron chi connectivity index (χ1n) is 6.08. The molecule has 1 aromatic rings. The zero-order valence-corrected chi connectivity index (χ0v) is 11.7. The minimum absolute atomic E-state index is 0.0538. The lowest BCUT2D eigenvalue weighted by Gasteiger charge is -2.13. The third kappa shape index (κ3) is 4.24. The van der Waals surface area contributed by atoms with Gasteiger partial charge in [0.2, 0.25) is 0 Å². The van der Waals surface area contributed by atoms with Crippen LogP contribution in [0.3, 0.4) is 0 Å². The van der Waals surface area contributed by atoms with E-state index in [2.05, 4.69) is 4.74 Å².